The molecule has 1 aromatic heterocycles. The van der Waals surface area contributed by atoms with Crippen molar-refractivity contribution in [2.75, 3.05) is 10.6 Å². The van der Waals surface area contributed by atoms with E-state index in [9.17, 15) is 0 Å². The first-order chi connectivity index (χ1) is 10.8. The molecule has 1 fully saturated rings. The second-order valence-corrected chi connectivity index (χ2v) is 5.98. The van der Waals surface area contributed by atoms with Crippen LogP contribution in [0, 0.1) is 6.92 Å². The van der Waals surface area contributed by atoms with Gasteiger partial charge in [-0.05, 0) is 25.3 Å². The van der Waals surface area contributed by atoms with Crippen molar-refractivity contribution in [3.8, 4) is 0 Å². The molecule has 5 heteroatoms. The number of hydrogen-bond donors (Lipinski definition) is 2. The van der Waals surface area contributed by atoms with Crippen LogP contribution in [0.5, 0.6) is 0 Å². The lowest BCUT2D eigenvalue weighted by atomic mass is 9.96. The molecule has 2 aromatic rings. The zero-order chi connectivity index (χ0) is 15.2. The molecule has 0 spiro atoms. The Kier molecular flexibility index (Phi) is 4.83. The number of anilines is 2. The Bertz CT molecular complexity index is 590. The van der Waals surface area contributed by atoms with Gasteiger partial charge in [-0.15, -0.1) is 5.10 Å². The number of aromatic nitrogens is 3. The summed E-state index contributed by atoms with van der Waals surface area (Å²) in [7, 11) is 0. The summed E-state index contributed by atoms with van der Waals surface area (Å²) in [6.45, 7) is 2.79. The SMILES string of the molecule is Cc1ccc(CNc2nncc(NC3CCCCC3)n2)cc1. The molecule has 3 rings (SSSR count). The molecule has 0 atom stereocenters. The lowest BCUT2D eigenvalue weighted by Gasteiger charge is -2.23. The van der Waals surface area contributed by atoms with E-state index in [0.717, 1.165) is 5.82 Å². The van der Waals surface area contributed by atoms with Crippen molar-refractivity contribution in [3.63, 3.8) is 0 Å². The second kappa shape index (κ2) is 7.20. The molecule has 0 saturated heterocycles. The summed E-state index contributed by atoms with van der Waals surface area (Å²) < 4.78 is 0. The van der Waals surface area contributed by atoms with Gasteiger partial charge < -0.3 is 10.6 Å². The normalized spacial score (nSPS) is 15.5. The van der Waals surface area contributed by atoms with Crippen molar-refractivity contribution < 1.29 is 0 Å². The van der Waals surface area contributed by atoms with Gasteiger partial charge in [-0.1, -0.05) is 49.1 Å². The van der Waals surface area contributed by atoms with Gasteiger partial charge in [0, 0.05) is 12.6 Å². The first kappa shape index (κ1) is 14.8. The quantitative estimate of drug-likeness (QED) is 0.884. The number of benzene rings is 1. The molecule has 5 nitrogen and oxygen atoms in total. The lowest BCUT2D eigenvalue weighted by molar-refractivity contribution is 0.461. The van der Waals surface area contributed by atoms with Gasteiger partial charge in [-0.25, -0.2) is 0 Å². The minimum atomic E-state index is 0.524. The molecule has 1 aromatic carbocycles. The molecule has 1 heterocycles. The standard InChI is InChI=1S/C17H23N5/c1-13-7-9-14(10-8-13)11-18-17-21-16(12-19-22-17)20-15-5-3-2-4-6-15/h7-10,12,15H,2-6,11H2,1H3,(H2,18,20,21,22). The van der Waals surface area contributed by atoms with Crippen LogP contribution >= 0.6 is 0 Å². The van der Waals surface area contributed by atoms with E-state index in [-0.39, 0.29) is 0 Å². The molecule has 0 unspecified atom stereocenters. The van der Waals surface area contributed by atoms with Gasteiger partial charge in [0.25, 0.3) is 0 Å². The average Bonchev–Trinajstić information content (AvgIpc) is 2.56. The average molecular weight is 297 g/mol. The van der Waals surface area contributed by atoms with Crippen LogP contribution < -0.4 is 10.6 Å². The number of rotatable bonds is 5. The van der Waals surface area contributed by atoms with Crippen LogP contribution in [-0.2, 0) is 6.54 Å². The fourth-order valence-corrected chi connectivity index (χ4v) is 2.79. The minimum Gasteiger partial charge on any atom is -0.366 e. The third-order valence-corrected chi connectivity index (χ3v) is 4.09. The molecular weight excluding hydrogens is 274 g/mol. The monoisotopic (exact) mass is 297 g/mol. The highest BCUT2D eigenvalue weighted by atomic mass is 15.3. The Balaban J connectivity index is 1.57. The Labute approximate surface area is 131 Å². The van der Waals surface area contributed by atoms with E-state index >= 15 is 0 Å². The predicted octanol–water partition coefficient (Wildman–Crippen LogP) is 3.54. The Morgan fingerprint density at radius 2 is 1.86 bits per heavy atom. The van der Waals surface area contributed by atoms with Gasteiger partial charge in [-0.3, -0.25) is 0 Å². The molecule has 2 N–H and O–H groups in total. The molecule has 22 heavy (non-hydrogen) atoms. The van der Waals surface area contributed by atoms with Gasteiger partial charge in [0.05, 0.1) is 6.20 Å². The third-order valence-electron chi connectivity index (χ3n) is 4.09. The molecule has 0 aliphatic heterocycles. The van der Waals surface area contributed by atoms with Crippen LogP contribution in [-0.4, -0.2) is 21.2 Å². The van der Waals surface area contributed by atoms with E-state index in [1.807, 2.05) is 0 Å². The van der Waals surface area contributed by atoms with Crippen molar-refractivity contribution in [3.05, 3.63) is 41.6 Å². The zero-order valence-corrected chi connectivity index (χ0v) is 13.0. The number of nitrogens with one attached hydrogen (secondary N) is 2. The maximum atomic E-state index is 4.50. The molecule has 1 aliphatic carbocycles. The third kappa shape index (κ3) is 4.16. The molecule has 0 amide bonds. The summed E-state index contributed by atoms with van der Waals surface area (Å²) in [4.78, 5) is 4.50. The van der Waals surface area contributed by atoms with Crippen LogP contribution in [0.15, 0.2) is 30.5 Å². The first-order valence-electron chi connectivity index (χ1n) is 8.05. The highest BCUT2D eigenvalue weighted by Crippen LogP contribution is 2.20. The summed E-state index contributed by atoms with van der Waals surface area (Å²) in [5, 5.41) is 14.8. The second-order valence-electron chi connectivity index (χ2n) is 5.98. The van der Waals surface area contributed by atoms with Gasteiger partial charge >= 0.3 is 0 Å². The van der Waals surface area contributed by atoms with Crippen molar-refractivity contribution in [2.24, 2.45) is 0 Å². The number of hydrogen-bond acceptors (Lipinski definition) is 5. The van der Waals surface area contributed by atoms with Gasteiger partial charge in [-0.2, -0.15) is 10.1 Å². The van der Waals surface area contributed by atoms with Crippen molar-refractivity contribution in [1.29, 1.82) is 0 Å². The van der Waals surface area contributed by atoms with E-state index in [4.69, 9.17) is 0 Å². The lowest BCUT2D eigenvalue weighted by Crippen LogP contribution is -2.23. The fraction of sp³-hybridized carbons (Fsp3) is 0.471. The zero-order valence-electron chi connectivity index (χ0n) is 13.0. The highest BCUT2D eigenvalue weighted by Gasteiger charge is 2.13. The smallest absolute Gasteiger partial charge is 0.244 e. The van der Waals surface area contributed by atoms with Crippen molar-refractivity contribution in [2.45, 2.75) is 51.6 Å². The van der Waals surface area contributed by atoms with Crippen LogP contribution in [0.1, 0.15) is 43.2 Å². The van der Waals surface area contributed by atoms with E-state index in [2.05, 4.69) is 57.0 Å². The van der Waals surface area contributed by atoms with Crippen LogP contribution in [0.2, 0.25) is 0 Å². The first-order valence-corrected chi connectivity index (χ1v) is 8.05. The maximum absolute atomic E-state index is 4.50. The van der Waals surface area contributed by atoms with E-state index in [1.165, 1.54) is 43.2 Å². The minimum absolute atomic E-state index is 0.524. The van der Waals surface area contributed by atoms with Crippen LogP contribution in [0.4, 0.5) is 11.8 Å². The maximum Gasteiger partial charge on any atom is 0.244 e. The Hall–Kier alpha value is -2.17. The summed E-state index contributed by atoms with van der Waals surface area (Å²) in [6.07, 6.45) is 8.09. The molecular formula is C17H23N5. The van der Waals surface area contributed by atoms with E-state index < -0.39 is 0 Å². The number of aryl methyl sites for hydroxylation is 1. The van der Waals surface area contributed by atoms with E-state index in [0.29, 0.717) is 18.5 Å². The molecule has 1 aliphatic rings. The summed E-state index contributed by atoms with van der Waals surface area (Å²) in [5.74, 6) is 1.38. The highest BCUT2D eigenvalue weighted by molar-refractivity contribution is 5.38. The van der Waals surface area contributed by atoms with Gasteiger partial charge in [0.2, 0.25) is 5.95 Å². The molecule has 0 radical (unpaired) electrons. The summed E-state index contributed by atoms with van der Waals surface area (Å²) >= 11 is 0. The van der Waals surface area contributed by atoms with E-state index in [1.54, 1.807) is 6.20 Å². The summed E-state index contributed by atoms with van der Waals surface area (Å²) in [6, 6.07) is 8.96. The Morgan fingerprint density at radius 1 is 1.09 bits per heavy atom. The topological polar surface area (TPSA) is 62.7 Å². The van der Waals surface area contributed by atoms with Gasteiger partial charge in [0.15, 0.2) is 5.82 Å². The van der Waals surface area contributed by atoms with Crippen LogP contribution in [0.25, 0.3) is 0 Å². The molecule has 116 valence electrons. The molecule has 1 saturated carbocycles. The largest absolute Gasteiger partial charge is 0.366 e. The predicted molar refractivity (Wildman–Crippen MR) is 88.8 cm³/mol. The number of nitrogens with zero attached hydrogens (tertiary/aromatic N) is 3. The molecule has 0 bridgehead atoms. The summed E-state index contributed by atoms with van der Waals surface area (Å²) in [5.41, 5.74) is 2.47. The van der Waals surface area contributed by atoms with Crippen molar-refractivity contribution >= 4 is 11.8 Å². The van der Waals surface area contributed by atoms with Gasteiger partial charge in [0.1, 0.15) is 0 Å². The fourth-order valence-electron chi connectivity index (χ4n) is 2.79. The van der Waals surface area contributed by atoms with Crippen LogP contribution in [0.3, 0.4) is 0 Å². The van der Waals surface area contributed by atoms with Crippen molar-refractivity contribution in [1.82, 2.24) is 15.2 Å². The Morgan fingerprint density at radius 3 is 2.64 bits per heavy atom.